The number of rotatable bonds is 2. The van der Waals surface area contributed by atoms with Crippen molar-refractivity contribution in [1.29, 1.82) is 0 Å². The van der Waals surface area contributed by atoms with Crippen LogP contribution in [0.3, 0.4) is 0 Å². The predicted octanol–water partition coefficient (Wildman–Crippen LogP) is 2.52. The minimum atomic E-state index is -0.656. The number of fused-ring (bicyclic) bond motifs is 1. The van der Waals surface area contributed by atoms with Gasteiger partial charge in [-0.05, 0) is 24.3 Å². The molecule has 1 atom stereocenters. The SMILES string of the molecule is O=C1CC2(CCN(C(=O)c3cnn(-c4ccccc4)n3)C2)Oc2ccccc21. The average Bonchev–Trinajstić information content (AvgIpc) is 3.36. The largest absolute Gasteiger partial charge is 0.484 e. The van der Waals surface area contributed by atoms with Gasteiger partial charge in [-0.25, -0.2) is 0 Å². The van der Waals surface area contributed by atoms with Crippen LogP contribution < -0.4 is 4.74 Å². The van der Waals surface area contributed by atoms with Crippen LogP contribution in [-0.4, -0.2) is 50.3 Å². The lowest BCUT2D eigenvalue weighted by Crippen LogP contribution is -2.45. The third-order valence-corrected chi connectivity index (χ3v) is 5.30. The number of nitrogens with zero attached hydrogens (tertiary/aromatic N) is 4. The smallest absolute Gasteiger partial charge is 0.276 e. The first-order valence-electron chi connectivity index (χ1n) is 9.22. The summed E-state index contributed by atoms with van der Waals surface area (Å²) in [6.07, 6.45) is 2.37. The Balaban J connectivity index is 1.35. The number of aromatic nitrogens is 3. The van der Waals surface area contributed by atoms with Gasteiger partial charge in [-0.2, -0.15) is 9.90 Å². The van der Waals surface area contributed by atoms with E-state index in [4.69, 9.17) is 4.74 Å². The molecule has 7 heteroatoms. The summed E-state index contributed by atoms with van der Waals surface area (Å²) in [5.74, 6) is 0.461. The van der Waals surface area contributed by atoms with Gasteiger partial charge in [-0.1, -0.05) is 30.3 Å². The molecular weight excluding hydrogens is 356 g/mol. The summed E-state index contributed by atoms with van der Waals surface area (Å²) in [4.78, 5) is 28.6. The summed E-state index contributed by atoms with van der Waals surface area (Å²) in [6.45, 7) is 0.885. The number of para-hydroxylation sites is 2. The standard InChI is InChI=1S/C21H18N4O3/c26-18-12-21(28-19-9-5-4-8-16(18)19)10-11-24(14-21)20(27)17-13-22-25(23-17)15-6-2-1-3-7-15/h1-9,13H,10-12,14H2. The highest BCUT2D eigenvalue weighted by atomic mass is 16.5. The summed E-state index contributed by atoms with van der Waals surface area (Å²) in [7, 11) is 0. The highest BCUT2D eigenvalue weighted by Crippen LogP contribution is 2.38. The molecule has 7 nitrogen and oxygen atoms in total. The highest BCUT2D eigenvalue weighted by molar-refractivity contribution is 6.00. The van der Waals surface area contributed by atoms with Gasteiger partial charge in [-0.3, -0.25) is 9.59 Å². The van der Waals surface area contributed by atoms with E-state index in [1.54, 1.807) is 11.0 Å². The number of hydrogen-bond donors (Lipinski definition) is 0. The van der Waals surface area contributed by atoms with Crippen molar-refractivity contribution in [2.45, 2.75) is 18.4 Å². The summed E-state index contributed by atoms with van der Waals surface area (Å²) in [5.41, 5.74) is 1.03. The first kappa shape index (κ1) is 16.7. The quantitative estimate of drug-likeness (QED) is 0.689. The normalized spacial score (nSPS) is 20.9. The lowest BCUT2D eigenvalue weighted by atomic mass is 9.89. The van der Waals surface area contributed by atoms with Crippen LogP contribution in [-0.2, 0) is 0 Å². The Bertz CT molecular complexity index is 1060. The van der Waals surface area contributed by atoms with Crippen LogP contribution in [0, 0.1) is 0 Å². The number of ether oxygens (including phenoxy) is 1. The first-order chi connectivity index (χ1) is 13.6. The van der Waals surface area contributed by atoms with Gasteiger partial charge in [0.2, 0.25) is 0 Å². The zero-order valence-corrected chi connectivity index (χ0v) is 15.1. The number of carbonyl (C=O) groups excluding carboxylic acids is 2. The van der Waals surface area contributed by atoms with Crippen molar-refractivity contribution in [3.63, 3.8) is 0 Å². The second-order valence-electron chi connectivity index (χ2n) is 7.21. The van der Waals surface area contributed by atoms with Gasteiger partial charge < -0.3 is 9.64 Å². The minimum Gasteiger partial charge on any atom is -0.484 e. The van der Waals surface area contributed by atoms with Crippen molar-refractivity contribution in [3.05, 3.63) is 72.1 Å². The van der Waals surface area contributed by atoms with Crippen molar-refractivity contribution in [3.8, 4) is 11.4 Å². The second-order valence-corrected chi connectivity index (χ2v) is 7.21. The molecule has 2 aromatic carbocycles. The molecule has 3 aromatic rings. The molecule has 28 heavy (non-hydrogen) atoms. The zero-order valence-electron chi connectivity index (χ0n) is 15.1. The molecule has 1 amide bonds. The van der Waals surface area contributed by atoms with Crippen LogP contribution in [0.25, 0.3) is 5.69 Å². The minimum absolute atomic E-state index is 0.0613. The van der Waals surface area contributed by atoms with Gasteiger partial charge in [0.05, 0.1) is 30.4 Å². The Hall–Kier alpha value is -3.48. The number of hydrogen-bond acceptors (Lipinski definition) is 5. The highest BCUT2D eigenvalue weighted by Gasteiger charge is 2.47. The Kier molecular flexibility index (Phi) is 3.75. The maximum atomic E-state index is 12.9. The molecule has 0 radical (unpaired) electrons. The Morgan fingerprint density at radius 1 is 1.07 bits per heavy atom. The molecule has 1 spiro atoms. The fourth-order valence-corrected chi connectivity index (χ4v) is 3.90. The maximum absolute atomic E-state index is 12.9. The van der Waals surface area contributed by atoms with Crippen LogP contribution in [0.2, 0.25) is 0 Å². The van der Waals surface area contributed by atoms with E-state index in [9.17, 15) is 9.59 Å². The second kappa shape index (κ2) is 6.30. The van der Waals surface area contributed by atoms with Crippen LogP contribution in [0.5, 0.6) is 5.75 Å². The van der Waals surface area contributed by atoms with E-state index in [0.29, 0.717) is 30.8 Å². The van der Waals surface area contributed by atoms with Crippen LogP contribution in [0.4, 0.5) is 0 Å². The summed E-state index contributed by atoms with van der Waals surface area (Å²) < 4.78 is 6.19. The number of likely N-dealkylation sites (tertiary alicyclic amines) is 1. The predicted molar refractivity (Wildman–Crippen MR) is 101 cm³/mol. The number of amides is 1. The molecule has 0 aliphatic carbocycles. The molecule has 140 valence electrons. The Morgan fingerprint density at radius 2 is 1.86 bits per heavy atom. The van der Waals surface area contributed by atoms with E-state index in [0.717, 1.165) is 5.69 Å². The molecule has 3 heterocycles. The van der Waals surface area contributed by atoms with E-state index in [2.05, 4.69) is 10.2 Å². The molecule has 1 fully saturated rings. The molecule has 0 N–H and O–H groups in total. The van der Waals surface area contributed by atoms with Crippen molar-refractivity contribution in [2.75, 3.05) is 13.1 Å². The average molecular weight is 374 g/mol. The van der Waals surface area contributed by atoms with Gasteiger partial charge in [0.1, 0.15) is 11.4 Å². The van der Waals surface area contributed by atoms with Crippen molar-refractivity contribution in [2.24, 2.45) is 0 Å². The van der Waals surface area contributed by atoms with Gasteiger partial charge in [0, 0.05) is 13.0 Å². The Morgan fingerprint density at radius 3 is 2.71 bits per heavy atom. The Labute approximate surface area is 161 Å². The lowest BCUT2D eigenvalue weighted by Gasteiger charge is -2.34. The third kappa shape index (κ3) is 2.76. The topological polar surface area (TPSA) is 77.3 Å². The third-order valence-electron chi connectivity index (χ3n) is 5.30. The zero-order chi connectivity index (χ0) is 19.1. The summed E-state index contributed by atoms with van der Waals surface area (Å²) in [5, 5.41) is 8.51. The van der Waals surface area contributed by atoms with E-state index in [1.165, 1.54) is 11.0 Å². The fourth-order valence-electron chi connectivity index (χ4n) is 3.90. The van der Waals surface area contributed by atoms with E-state index < -0.39 is 5.60 Å². The number of carbonyl (C=O) groups is 2. The monoisotopic (exact) mass is 374 g/mol. The van der Waals surface area contributed by atoms with Crippen LogP contribution in [0.15, 0.2) is 60.8 Å². The van der Waals surface area contributed by atoms with E-state index in [-0.39, 0.29) is 23.8 Å². The molecule has 0 bridgehead atoms. The van der Waals surface area contributed by atoms with Crippen LogP contribution in [0.1, 0.15) is 33.7 Å². The molecule has 5 rings (SSSR count). The first-order valence-corrected chi connectivity index (χ1v) is 9.22. The van der Waals surface area contributed by atoms with Crippen molar-refractivity contribution < 1.29 is 14.3 Å². The number of benzene rings is 2. The number of ketones is 1. The maximum Gasteiger partial charge on any atom is 0.276 e. The van der Waals surface area contributed by atoms with Crippen molar-refractivity contribution in [1.82, 2.24) is 19.9 Å². The number of Topliss-reactive ketones (excluding diaryl/α,β-unsaturated/α-hetero) is 1. The molecule has 1 saturated heterocycles. The molecular formula is C21H18N4O3. The summed E-state index contributed by atoms with van der Waals surface area (Å²) in [6, 6.07) is 16.7. The molecule has 2 aliphatic heterocycles. The fraction of sp³-hybridized carbons (Fsp3) is 0.238. The van der Waals surface area contributed by atoms with Gasteiger partial charge >= 0.3 is 0 Å². The van der Waals surface area contributed by atoms with Crippen LogP contribution >= 0.6 is 0 Å². The molecule has 0 saturated carbocycles. The lowest BCUT2D eigenvalue weighted by molar-refractivity contribution is 0.0427. The van der Waals surface area contributed by atoms with E-state index >= 15 is 0 Å². The van der Waals surface area contributed by atoms with E-state index in [1.807, 2.05) is 48.5 Å². The summed E-state index contributed by atoms with van der Waals surface area (Å²) >= 11 is 0. The van der Waals surface area contributed by atoms with Crippen molar-refractivity contribution >= 4 is 11.7 Å². The molecule has 1 aromatic heterocycles. The van der Waals surface area contributed by atoms with Gasteiger partial charge in [-0.15, -0.1) is 5.10 Å². The van der Waals surface area contributed by atoms with Gasteiger partial charge in [0.25, 0.3) is 5.91 Å². The molecule has 2 aliphatic rings. The van der Waals surface area contributed by atoms with Gasteiger partial charge in [0.15, 0.2) is 11.5 Å². The molecule has 1 unspecified atom stereocenters.